The van der Waals surface area contributed by atoms with E-state index in [2.05, 4.69) is 25.3 Å². The molecule has 0 spiro atoms. The van der Waals surface area contributed by atoms with Gasteiger partial charge in [-0.05, 0) is 18.2 Å². The zero-order valence-electron chi connectivity index (χ0n) is 11.6. The fourth-order valence-corrected chi connectivity index (χ4v) is 3.17. The normalized spacial score (nSPS) is 12.9. The van der Waals surface area contributed by atoms with Crippen molar-refractivity contribution in [2.45, 2.75) is 0 Å². The van der Waals surface area contributed by atoms with E-state index in [1.54, 1.807) is 23.1 Å². The maximum Gasteiger partial charge on any atom is 0.235 e. The number of ether oxygens (including phenoxy) is 2. The van der Waals surface area contributed by atoms with Gasteiger partial charge in [0.1, 0.15) is 10.7 Å². The first-order valence-corrected chi connectivity index (χ1v) is 7.59. The molecule has 0 N–H and O–H groups in total. The molecule has 0 radical (unpaired) electrons. The van der Waals surface area contributed by atoms with Crippen LogP contribution in [0.4, 0.5) is 0 Å². The fraction of sp³-hybridized carbons (Fsp3) is 0.0714. The van der Waals surface area contributed by atoms with Gasteiger partial charge >= 0.3 is 0 Å². The summed E-state index contributed by atoms with van der Waals surface area (Å²) in [6, 6.07) is 5.74. The topological polar surface area (TPSA) is 87.3 Å². The average Bonchev–Trinajstić information content (AvgIpc) is 3.29. The molecule has 4 heterocycles. The molecule has 9 heteroatoms. The summed E-state index contributed by atoms with van der Waals surface area (Å²) in [7, 11) is 0. The van der Waals surface area contributed by atoms with Crippen molar-refractivity contribution in [3.8, 4) is 33.6 Å². The number of aromatic nitrogens is 6. The minimum atomic E-state index is 0.251. The summed E-state index contributed by atoms with van der Waals surface area (Å²) < 4.78 is 12.4. The van der Waals surface area contributed by atoms with Crippen LogP contribution in [-0.4, -0.2) is 36.6 Å². The van der Waals surface area contributed by atoms with Crippen LogP contribution in [0.2, 0.25) is 0 Å². The Kier molecular flexibility index (Phi) is 2.56. The van der Waals surface area contributed by atoms with Crippen LogP contribution in [-0.2, 0) is 0 Å². The molecule has 0 amide bonds. The number of nitrogens with zero attached hydrogens (tertiary/aromatic N) is 6. The van der Waals surface area contributed by atoms with Gasteiger partial charge in [-0.1, -0.05) is 11.3 Å². The van der Waals surface area contributed by atoms with Gasteiger partial charge in [0.2, 0.25) is 17.6 Å². The van der Waals surface area contributed by atoms with Crippen molar-refractivity contribution >= 4 is 16.3 Å². The van der Waals surface area contributed by atoms with Gasteiger partial charge in [0.15, 0.2) is 11.5 Å². The van der Waals surface area contributed by atoms with Gasteiger partial charge in [0, 0.05) is 18.0 Å². The Balaban J connectivity index is 1.63. The highest BCUT2D eigenvalue weighted by atomic mass is 32.1. The van der Waals surface area contributed by atoms with Crippen LogP contribution in [0.25, 0.3) is 27.1 Å². The van der Waals surface area contributed by atoms with Crippen molar-refractivity contribution in [1.82, 2.24) is 29.8 Å². The standard InChI is InChI=1S/C14H8N6O2S/c1-2-10-11(22-7-21-10)5-8(1)13-19-20-12(17-18-14(20)23-13)9-6-15-3-4-16-9/h1-6H,7H2. The van der Waals surface area contributed by atoms with E-state index < -0.39 is 0 Å². The highest BCUT2D eigenvalue weighted by Gasteiger charge is 2.18. The molecular formula is C14H8N6O2S. The van der Waals surface area contributed by atoms with Crippen molar-refractivity contribution in [2.75, 3.05) is 6.79 Å². The molecule has 0 bridgehead atoms. The minimum Gasteiger partial charge on any atom is -0.454 e. The predicted molar refractivity (Wildman–Crippen MR) is 81.2 cm³/mol. The van der Waals surface area contributed by atoms with Gasteiger partial charge in [-0.2, -0.15) is 9.61 Å². The van der Waals surface area contributed by atoms with E-state index in [1.165, 1.54) is 11.3 Å². The Labute approximate surface area is 133 Å². The fourth-order valence-electron chi connectivity index (χ4n) is 2.34. The SMILES string of the molecule is c1cnc(-c2nnc3sc(-c4ccc5c(c4)OCO5)nn23)cn1. The molecule has 3 aromatic heterocycles. The quantitative estimate of drug-likeness (QED) is 0.557. The first kappa shape index (κ1) is 12.5. The maximum absolute atomic E-state index is 5.41. The smallest absolute Gasteiger partial charge is 0.235 e. The molecule has 0 atom stereocenters. The van der Waals surface area contributed by atoms with Crippen molar-refractivity contribution in [3.05, 3.63) is 36.8 Å². The Hall–Kier alpha value is -3.07. The van der Waals surface area contributed by atoms with Gasteiger partial charge in [-0.15, -0.1) is 10.2 Å². The molecule has 23 heavy (non-hydrogen) atoms. The Morgan fingerprint density at radius 1 is 1.09 bits per heavy atom. The third-order valence-corrected chi connectivity index (χ3v) is 4.35. The van der Waals surface area contributed by atoms with E-state index in [0.717, 1.165) is 22.1 Å². The third kappa shape index (κ3) is 1.94. The molecular weight excluding hydrogens is 316 g/mol. The summed E-state index contributed by atoms with van der Waals surface area (Å²) in [4.78, 5) is 8.99. The molecule has 0 unspecified atom stereocenters. The van der Waals surface area contributed by atoms with E-state index in [9.17, 15) is 0 Å². The van der Waals surface area contributed by atoms with Crippen molar-refractivity contribution in [2.24, 2.45) is 0 Å². The molecule has 0 fully saturated rings. The average molecular weight is 324 g/mol. The van der Waals surface area contributed by atoms with E-state index in [4.69, 9.17) is 9.47 Å². The van der Waals surface area contributed by atoms with Gasteiger partial charge in [-0.3, -0.25) is 4.98 Å². The molecule has 0 saturated heterocycles. The molecule has 112 valence electrons. The van der Waals surface area contributed by atoms with Crippen LogP contribution >= 0.6 is 11.3 Å². The lowest BCUT2D eigenvalue weighted by atomic mass is 10.2. The monoisotopic (exact) mass is 324 g/mol. The van der Waals surface area contributed by atoms with Crippen molar-refractivity contribution < 1.29 is 9.47 Å². The lowest BCUT2D eigenvalue weighted by Crippen LogP contribution is -1.93. The van der Waals surface area contributed by atoms with E-state index in [0.29, 0.717) is 16.5 Å². The summed E-state index contributed by atoms with van der Waals surface area (Å²) in [5.74, 6) is 2.04. The van der Waals surface area contributed by atoms with Crippen LogP contribution in [0.3, 0.4) is 0 Å². The number of fused-ring (bicyclic) bond motifs is 2. The number of benzene rings is 1. The molecule has 1 aliphatic rings. The lowest BCUT2D eigenvalue weighted by Gasteiger charge is -1.98. The maximum atomic E-state index is 5.41. The Morgan fingerprint density at radius 2 is 2.04 bits per heavy atom. The van der Waals surface area contributed by atoms with Crippen LogP contribution in [0.1, 0.15) is 0 Å². The molecule has 1 aromatic carbocycles. The predicted octanol–water partition coefficient (Wildman–Crippen LogP) is 2.04. The second-order valence-corrected chi connectivity index (χ2v) is 5.74. The number of hydrogen-bond donors (Lipinski definition) is 0. The molecule has 0 saturated carbocycles. The molecule has 1 aliphatic heterocycles. The van der Waals surface area contributed by atoms with Crippen LogP contribution in [0.5, 0.6) is 11.5 Å². The second kappa shape index (κ2) is 4.71. The van der Waals surface area contributed by atoms with Gasteiger partial charge in [0.05, 0.1) is 6.20 Å². The molecule has 5 rings (SSSR count). The summed E-state index contributed by atoms with van der Waals surface area (Å²) in [5.41, 5.74) is 1.57. The van der Waals surface area contributed by atoms with Crippen LogP contribution in [0.15, 0.2) is 36.8 Å². The van der Waals surface area contributed by atoms with E-state index >= 15 is 0 Å². The van der Waals surface area contributed by atoms with E-state index in [-0.39, 0.29) is 6.79 Å². The first-order valence-electron chi connectivity index (χ1n) is 6.77. The number of hydrogen-bond acceptors (Lipinski definition) is 8. The summed E-state index contributed by atoms with van der Waals surface area (Å²) >= 11 is 1.45. The van der Waals surface area contributed by atoms with Gasteiger partial charge in [0.25, 0.3) is 0 Å². The van der Waals surface area contributed by atoms with E-state index in [1.807, 2.05) is 18.2 Å². The van der Waals surface area contributed by atoms with Gasteiger partial charge in [-0.25, -0.2) is 4.98 Å². The third-order valence-electron chi connectivity index (χ3n) is 3.40. The Bertz CT molecular complexity index is 1010. The largest absolute Gasteiger partial charge is 0.454 e. The molecule has 4 aromatic rings. The van der Waals surface area contributed by atoms with Crippen molar-refractivity contribution in [3.63, 3.8) is 0 Å². The van der Waals surface area contributed by atoms with Crippen LogP contribution in [0, 0.1) is 0 Å². The zero-order chi connectivity index (χ0) is 15.2. The Morgan fingerprint density at radius 3 is 2.96 bits per heavy atom. The van der Waals surface area contributed by atoms with Gasteiger partial charge < -0.3 is 9.47 Å². The highest BCUT2D eigenvalue weighted by molar-refractivity contribution is 7.19. The zero-order valence-corrected chi connectivity index (χ0v) is 12.4. The number of rotatable bonds is 2. The molecule has 0 aliphatic carbocycles. The lowest BCUT2D eigenvalue weighted by molar-refractivity contribution is 0.174. The molecule has 8 nitrogen and oxygen atoms in total. The highest BCUT2D eigenvalue weighted by Crippen LogP contribution is 2.37. The summed E-state index contributed by atoms with van der Waals surface area (Å²) in [6.07, 6.45) is 4.86. The summed E-state index contributed by atoms with van der Waals surface area (Å²) in [5, 5.41) is 13.7. The van der Waals surface area contributed by atoms with Crippen LogP contribution < -0.4 is 9.47 Å². The first-order chi connectivity index (χ1) is 11.4. The minimum absolute atomic E-state index is 0.251. The summed E-state index contributed by atoms with van der Waals surface area (Å²) in [6.45, 7) is 0.251. The second-order valence-electron chi connectivity index (χ2n) is 4.78. The van der Waals surface area contributed by atoms with Crippen molar-refractivity contribution in [1.29, 1.82) is 0 Å².